The number of halogens is 1. The van der Waals surface area contributed by atoms with Gasteiger partial charge in [0, 0.05) is 23.5 Å². The molecule has 0 bridgehead atoms. The first-order valence-corrected chi connectivity index (χ1v) is 7.12. The average Bonchev–Trinajstić information content (AvgIpc) is 3.03. The highest BCUT2D eigenvalue weighted by atomic mass is 35.5. The lowest BCUT2D eigenvalue weighted by atomic mass is 10.1. The van der Waals surface area contributed by atoms with Crippen molar-refractivity contribution in [2.75, 3.05) is 12.1 Å². The van der Waals surface area contributed by atoms with Crippen LogP contribution in [0, 0.1) is 11.3 Å². The second-order valence-corrected chi connectivity index (χ2v) is 5.10. The first-order chi connectivity index (χ1) is 11.2. The minimum Gasteiger partial charge on any atom is -0.454 e. The van der Waals surface area contributed by atoms with Crippen molar-refractivity contribution in [2.45, 2.75) is 0 Å². The van der Waals surface area contributed by atoms with Crippen LogP contribution in [-0.2, 0) is 0 Å². The molecule has 0 atom stereocenters. The summed E-state index contributed by atoms with van der Waals surface area (Å²) in [6.45, 7) is 0.184. The number of carbonyl (C=O) groups is 1. The van der Waals surface area contributed by atoms with E-state index in [4.69, 9.17) is 21.1 Å². The van der Waals surface area contributed by atoms with Gasteiger partial charge in [-0.1, -0.05) is 23.7 Å². The second-order valence-electron chi connectivity index (χ2n) is 4.69. The Kier molecular flexibility index (Phi) is 4.18. The number of fused-ring (bicyclic) bond motifs is 1. The third-order valence-electron chi connectivity index (χ3n) is 3.24. The molecule has 0 fully saturated rings. The molecule has 3 rings (SSSR count). The van der Waals surface area contributed by atoms with E-state index in [0.29, 0.717) is 22.2 Å². The number of ether oxygens (including phenoxy) is 2. The van der Waals surface area contributed by atoms with Gasteiger partial charge in [0.05, 0.1) is 5.02 Å². The monoisotopic (exact) mass is 326 g/mol. The smallest absolute Gasteiger partial charge is 0.231 e. The molecule has 0 unspecified atom stereocenters. The van der Waals surface area contributed by atoms with E-state index in [2.05, 4.69) is 5.32 Å². The van der Waals surface area contributed by atoms with Crippen LogP contribution in [0.15, 0.2) is 54.2 Å². The number of rotatable bonds is 4. The number of ketones is 1. The van der Waals surface area contributed by atoms with Crippen molar-refractivity contribution in [3.8, 4) is 17.6 Å². The van der Waals surface area contributed by atoms with Gasteiger partial charge in [0.25, 0.3) is 0 Å². The molecule has 6 heteroatoms. The molecule has 0 saturated carbocycles. The molecular weight excluding hydrogens is 316 g/mol. The maximum atomic E-state index is 12.3. The minimum absolute atomic E-state index is 0.0456. The van der Waals surface area contributed by atoms with Crippen LogP contribution >= 0.6 is 11.6 Å². The number of benzene rings is 2. The zero-order valence-corrected chi connectivity index (χ0v) is 12.6. The van der Waals surface area contributed by atoms with Crippen LogP contribution in [0.1, 0.15) is 10.4 Å². The van der Waals surface area contributed by atoms with Gasteiger partial charge in [-0.15, -0.1) is 0 Å². The number of hydrogen-bond donors (Lipinski definition) is 1. The molecule has 1 aliphatic heterocycles. The Morgan fingerprint density at radius 3 is 2.78 bits per heavy atom. The fourth-order valence-corrected chi connectivity index (χ4v) is 2.30. The number of nitrogens with one attached hydrogen (secondary N) is 1. The van der Waals surface area contributed by atoms with Crippen LogP contribution in [0.3, 0.4) is 0 Å². The number of Topliss-reactive ketones (excluding diaryl/α,β-unsaturated/α-hetero) is 1. The van der Waals surface area contributed by atoms with Crippen LogP contribution in [0.25, 0.3) is 0 Å². The van der Waals surface area contributed by atoms with E-state index in [1.165, 1.54) is 6.20 Å². The van der Waals surface area contributed by atoms with Crippen LogP contribution < -0.4 is 14.8 Å². The summed E-state index contributed by atoms with van der Waals surface area (Å²) in [4.78, 5) is 12.3. The number of carbonyl (C=O) groups excluding carboxylic acids is 1. The fraction of sp³-hybridized carbons (Fsp3) is 0.0588. The summed E-state index contributed by atoms with van der Waals surface area (Å²) in [6.07, 6.45) is 1.35. The Balaban J connectivity index is 1.81. The Labute approximate surface area is 137 Å². The molecule has 0 amide bonds. The van der Waals surface area contributed by atoms with E-state index >= 15 is 0 Å². The van der Waals surface area contributed by atoms with Crippen LogP contribution in [-0.4, -0.2) is 12.6 Å². The molecule has 5 nitrogen and oxygen atoms in total. The molecule has 114 valence electrons. The summed E-state index contributed by atoms with van der Waals surface area (Å²) >= 11 is 5.99. The molecule has 1 aliphatic rings. The maximum absolute atomic E-state index is 12.3. The fourth-order valence-electron chi connectivity index (χ4n) is 2.08. The zero-order chi connectivity index (χ0) is 16.2. The summed E-state index contributed by atoms with van der Waals surface area (Å²) in [5.41, 5.74) is 0.916. The van der Waals surface area contributed by atoms with Crippen LogP contribution in [0.2, 0.25) is 5.02 Å². The average molecular weight is 327 g/mol. The first-order valence-electron chi connectivity index (χ1n) is 6.75. The quantitative estimate of drug-likeness (QED) is 0.526. The summed E-state index contributed by atoms with van der Waals surface area (Å²) in [7, 11) is 0. The molecule has 23 heavy (non-hydrogen) atoms. The van der Waals surface area contributed by atoms with E-state index in [0.717, 1.165) is 0 Å². The maximum Gasteiger partial charge on any atom is 0.231 e. The Morgan fingerprint density at radius 1 is 1.22 bits per heavy atom. The Bertz CT molecular complexity index is 840. The van der Waals surface area contributed by atoms with Crippen molar-refractivity contribution in [2.24, 2.45) is 0 Å². The number of hydrogen-bond acceptors (Lipinski definition) is 5. The number of nitrogens with zero attached hydrogens (tertiary/aromatic N) is 1. The van der Waals surface area contributed by atoms with Crippen molar-refractivity contribution < 1.29 is 14.3 Å². The normalized spacial score (nSPS) is 12.6. The van der Waals surface area contributed by atoms with E-state index < -0.39 is 5.78 Å². The minimum atomic E-state index is -0.439. The number of nitriles is 1. The van der Waals surface area contributed by atoms with Gasteiger partial charge in [-0.25, -0.2) is 0 Å². The van der Waals surface area contributed by atoms with Crippen LogP contribution in [0.5, 0.6) is 11.5 Å². The van der Waals surface area contributed by atoms with Crippen molar-refractivity contribution in [1.82, 2.24) is 0 Å². The Hall–Kier alpha value is -2.97. The van der Waals surface area contributed by atoms with Gasteiger partial charge >= 0.3 is 0 Å². The highest BCUT2D eigenvalue weighted by Crippen LogP contribution is 2.34. The molecule has 1 N–H and O–H groups in total. The lowest BCUT2D eigenvalue weighted by Crippen LogP contribution is -2.05. The second kappa shape index (κ2) is 6.42. The van der Waals surface area contributed by atoms with Gasteiger partial charge in [-0.3, -0.25) is 4.79 Å². The lowest BCUT2D eigenvalue weighted by Gasteiger charge is -2.05. The third kappa shape index (κ3) is 3.12. The van der Waals surface area contributed by atoms with Gasteiger partial charge in [-0.2, -0.15) is 5.26 Å². The van der Waals surface area contributed by atoms with Gasteiger partial charge < -0.3 is 14.8 Å². The Morgan fingerprint density at radius 2 is 2.00 bits per heavy atom. The molecule has 0 saturated heterocycles. The molecule has 2 aromatic rings. The van der Waals surface area contributed by atoms with Gasteiger partial charge in [0.2, 0.25) is 12.6 Å². The van der Waals surface area contributed by atoms with E-state index in [1.807, 2.05) is 6.07 Å². The predicted molar refractivity (Wildman–Crippen MR) is 85.7 cm³/mol. The molecular formula is C17H11ClN2O3. The van der Waals surface area contributed by atoms with Crippen LogP contribution in [0.4, 0.5) is 5.69 Å². The van der Waals surface area contributed by atoms with E-state index in [-0.39, 0.29) is 17.9 Å². The highest BCUT2D eigenvalue weighted by Gasteiger charge is 2.16. The topological polar surface area (TPSA) is 71.3 Å². The zero-order valence-electron chi connectivity index (χ0n) is 11.9. The first kappa shape index (κ1) is 14.9. The predicted octanol–water partition coefficient (Wildman–Crippen LogP) is 3.77. The molecule has 0 spiro atoms. The van der Waals surface area contributed by atoms with Gasteiger partial charge in [-0.05, 0) is 24.3 Å². The van der Waals surface area contributed by atoms with Crippen molar-refractivity contribution in [3.05, 3.63) is 64.8 Å². The largest absolute Gasteiger partial charge is 0.454 e. The van der Waals surface area contributed by atoms with Gasteiger partial charge in [0.1, 0.15) is 11.6 Å². The summed E-state index contributed by atoms with van der Waals surface area (Å²) in [6, 6.07) is 13.7. The molecule has 0 radical (unpaired) electrons. The van der Waals surface area contributed by atoms with E-state index in [9.17, 15) is 10.1 Å². The molecule has 0 aliphatic carbocycles. The number of anilines is 1. The lowest BCUT2D eigenvalue weighted by molar-refractivity contribution is 0.103. The standard InChI is InChI=1S/C17H11ClN2O3/c18-14-4-2-1-3-13(14)17(21)11(8-19)9-20-12-5-6-15-16(7-12)23-10-22-15/h1-7,9,20H,10H2. The third-order valence-corrected chi connectivity index (χ3v) is 3.57. The summed E-state index contributed by atoms with van der Waals surface area (Å²) in [5.74, 6) is 0.831. The summed E-state index contributed by atoms with van der Waals surface area (Å²) in [5, 5.41) is 12.4. The number of allylic oxidation sites excluding steroid dienone is 1. The van der Waals surface area contributed by atoms with E-state index in [1.54, 1.807) is 42.5 Å². The van der Waals surface area contributed by atoms with Crippen molar-refractivity contribution in [3.63, 3.8) is 0 Å². The molecule has 0 aromatic heterocycles. The van der Waals surface area contributed by atoms with Gasteiger partial charge in [0.15, 0.2) is 11.5 Å². The van der Waals surface area contributed by atoms with Crippen molar-refractivity contribution in [1.29, 1.82) is 5.26 Å². The summed E-state index contributed by atoms with van der Waals surface area (Å²) < 4.78 is 10.5. The van der Waals surface area contributed by atoms with Crippen molar-refractivity contribution >= 4 is 23.1 Å². The molecule has 1 heterocycles. The molecule has 2 aromatic carbocycles. The highest BCUT2D eigenvalue weighted by molar-refractivity contribution is 6.35. The SMILES string of the molecule is N#CC(=CNc1ccc2c(c1)OCO2)C(=O)c1ccccc1Cl.